The second-order valence-electron chi connectivity index (χ2n) is 7.35. The summed E-state index contributed by atoms with van der Waals surface area (Å²) < 4.78 is 20.3. The van der Waals surface area contributed by atoms with E-state index in [0.29, 0.717) is 28.6 Å². The number of halogens is 2. The van der Waals surface area contributed by atoms with Crippen LogP contribution in [0, 0.1) is 5.82 Å². The molecular formula is C23H24ClFN4O2. The van der Waals surface area contributed by atoms with Gasteiger partial charge in [-0.05, 0) is 49.4 Å². The molecule has 2 aromatic carbocycles. The Labute approximate surface area is 185 Å². The van der Waals surface area contributed by atoms with Crippen molar-refractivity contribution in [3.63, 3.8) is 0 Å². The summed E-state index contributed by atoms with van der Waals surface area (Å²) in [6, 6.07) is 14.9. The van der Waals surface area contributed by atoms with Crippen molar-refractivity contribution >= 4 is 17.5 Å². The maximum absolute atomic E-state index is 13.4. The number of ether oxygens (including phenoxy) is 1. The molecule has 4 rings (SSSR count). The van der Waals surface area contributed by atoms with Gasteiger partial charge < -0.3 is 10.1 Å². The number of carbonyl (C=O) groups is 1. The first kappa shape index (κ1) is 21.5. The van der Waals surface area contributed by atoms with E-state index in [-0.39, 0.29) is 11.7 Å². The third-order valence-electron chi connectivity index (χ3n) is 5.20. The van der Waals surface area contributed by atoms with Gasteiger partial charge in [0.05, 0.1) is 29.6 Å². The fraction of sp³-hybridized carbons (Fsp3) is 0.304. The number of carbonyl (C=O) groups excluding carboxylic acids is 1. The highest BCUT2D eigenvalue weighted by atomic mass is 35.5. The van der Waals surface area contributed by atoms with Crippen LogP contribution in [0.3, 0.4) is 0 Å². The first-order chi connectivity index (χ1) is 15.1. The lowest BCUT2D eigenvalue weighted by molar-refractivity contribution is 0.0374. The third kappa shape index (κ3) is 5.31. The van der Waals surface area contributed by atoms with E-state index in [1.54, 1.807) is 24.3 Å². The Morgan fingerprint density at radius 3 is 2.61 bits per heavy atom. The summed E-state index contributed by atoms with van der Waals surface area (Å²) in [4.78, 5) is 15.3. The van der Waals surface area contributed by atoms with Crippen molar-refractivity contribution in [3.05, 3.63) is 71.1 Å². The van der Waals surface area contributed by atoms with Crippen molar-refractivity contribution in [2.45, 2.75) is 6.42 Å². The molecule has 162 valence electrons. The Morgan fingerprint density at radius 2 is 1.87 bits per heavy atom. The van der Waals surface area contributed by atoms with E-state index in [1.165, 1.54) is 16.8 Å². The van der Waals surface area contributed by atoms with Crippen LogP contribution >= 0.6 is 11.6 Å². The molecule has 1 fully saturated rings. The summed E-state index contributed by atoms with van der Waals surface area (Å²) in [5.41, 5.74) is 2.27. The quantitative estimate of drug-likeness (QED) is 0.566. The Kier molecular flexibility index (Phi) is 6.96. The molecule has 1 aliphatic heterocycles. The summed E-state index contributed by atoms with van der Waals surface area (Å²) in [5, 5.41) is 8.11. The van der Waals surface area contributed by atoms with Crippen LogP contribution in [0.1, 0.15) is 16.9 Å². The van der Waals surface area contributed by atoms with E-state index in [1.807, 2.05) is 18.2 Å². The molecule has 1 saturated heterocycles. The van der Waals surface area contributed by atoms with Crippen LogP contribution in [0.25, 0.3) is 16.9 Å². The van der Waals surface area contributed by atoms with E-state index >= 15 is 0 Å². The highest BCUT2D eigenvalue weighted by molar-refractivity contribution is 6.33. The number of benzene rings is 2. The van der Waals surface area contributed by atoms with E-state index in [9.17, 15) is 9.18 Å². The fourth-order valence-corrected chi connectivity index (χ4v) is 3.77. The van der Waals surface area contributed by atoms with Crippen molar-refractivity contribution in [2.24, 2.45) is 0 Å². The molecule has 1 aliphatic rings. The maximum atomic E-state index is 13.4. The molecular weight excluding hydrogens is 419 g/mol. The minimum Gasteiger partial charge on any atom is -0.379 e. The van der Waals surface area contributed by atoms with Crippen LogP contribution in [0.4, 0.5) is 4.39 Å². The van der Waals surface area contributed by atoms with Gasteiger partial charge in [0, 0.05) is 25.2 Å². The Bertz CT molecular complexity index is 1030. The number of nitrogens with one attached hydrogen (secondary N) is 1. The lowest BCUT2D eigenvalue weighted by Crippen LogP contribution is -2.38. The molecule has 3 aromatic rings. The molecule has 6 nitrogen and oxygen atoms in total. The molecule has 0 saturated carbocycles. The highest BCUT2D eigenvalue weighted by Gasteiger charge is 2.19. The van der Waals surface area contributed by atoms with E-state index in [0.717, 1.165) is 44.8 Å². The average Bonchev–Trinajstić information content (AvgIpc) is 3.23. The van der Waals surface area contributed by atoms with E-state index in [4.69, 9.17) is 16.3 Å². The van der Waals surface area contributed by atoms with Crippen LogP contribution < -0.4 is 5.32 Å². The number of rotatable bonds is 7. The van der Waals surface area contributed by atoms with Gasteiger partial charge in [0.2, 0.25) is 0 Å². The van der Waals surface area contributed by atoms with Crippen molar-refractivity contribution < 1.29 is 13.9 Å². The van der Waals surface area contributed by atoms with Crippen LogP contribution in [-0.4, -0.2) is 60.0 Å². The van der Waals surface area contributed by atoms with Gasteiger partial charge in [-0.1, -0.05) is 29.8 Å². The zero-order valence-corrected chi connectivity index (χ0v) is 17.8. The van der Waals surface area contributed by atoms with Gasteiger partial charge >= 0.3 is 0 Å². The summed E-state index contributed by atoms with van der Waals surface area (Å²) in [6.45, 7) is 4.82. The summed E-state index contributed by atoms with van der Waals surface area (Å²) >= 11 is 6.33. The first-order valence-corrected chi connectivity index (χ1v) is 10.7. The van der Waals surface area contributed by atoms with Crippen LogP contribution in [0.5, 0.6) is 0 Å². The van der Waals surface area contributed by atoms with Gasteiger partial charge in [-0.15, -0.1) is 0 Å². The SMILES string of the molecule is O=C(NCCCN1CCOCC1)c1cc(-c2ccccc2Cl)nn1-c1ccc(F)cc1. The lowest BCUT2D eigenvalue weighted by Gasteiger charge is -2.26. The van der Waals surface area contributed by atoms with Crippen molar-refractivity contribution in [1.82, 2.24) is 20.0 Å². The number of aromatic nitrogens is 2. The summed E-state index contributed by atoms with van der Waals surface area (Å²) in [7, 11) is 0. The predicted molar refractivity (Wildman–Crippen MR) is 118 cm³/mol. The minimum absolute atomic E-state index is 0.239. The molecule has 0 aliphatic carbocycles. The second kappa shape index (κ2) is 10.0. The van der Waals surface area contributed by atoms with Gasteiger partial charge in [-0.3, -0.25) is 9.69 Å². The molecule has 1 amide bonds. The zero-order chi connectivity index (χ0) is 21.6. The van der Waals surface area contributed by atoms with Gasteiger partial charge in [0.15, 0.2) is 0 Å². The van der Waals surface area contributed by atoms with E-state index in [2.05, 4.69) is 15.3 Å². The third-order valence-corrected chi connectivity index (χ3v) is 5.53. The summed E-state index contributed by atoms with van der Waals surface area (Å²) in [6.07, 6.45) is 0.841. The molecule has 0 radical (unpaired) electrons. The largest absolute Gasteiger partial charge is 0.379 e. The Hall–Kier alpha value is -2.74. The molecule has 2 heterocycles. The van der Waals surface area contributed by atoms with E-state index < -0.39 is 0 Å². The van der Waals surface area contributed by atoms with Crippen LogP contribution in [0.15, 0.2) is 54.6 Å². The molecule has 1 aromatic heterocycles. The van der Waals surface area contributed by atoms with Crippen molar-refractivity contribution in [2.75, 3.05) is 39.4 Å². The molecule has 0 atom stereocenters. The normalized spacial score (nSPS) is 14.5. The number of nitrogens with zero attached hydrogens (tertiary/aromatic N) is 3. The Morgan fingerprint density at radius 1 is 1.13 bits per heavy atom. The monoisotopic (exact) mass is 442 g/mol. The molecule has 0 bridgehead atoms. The standard InChI is InChI=1S/C23H24ClFN4O2/c24-20-5-2-1-4-19(20)21-16-22(29(27-21)18-8-6-17(25)7-9-18)23(30)26-10-3-11-28-12-14-31-15-13-28/h1-2,4-9,16H,3,10-15H2,(H,26,30). The lowest BCUT2D eigenvalue weighted by atomic mass is 10.1. The molecule has 0 spiro atoms. The highest BCUT2D eigenvalue weighted by Crippen LogP contribution is 2.28. The maximum Gasteiger partial charge on any atom is 0.270 e. The van der Waals surface area contributed by atoms with Gasteiger partial charge in [-0.2, -0.15) is 5.10 Å². The number of amides is 1. The number of morpholine rings is 1. The fourth-order valence-electron chi connectivity index (χ4n) is 3.54. The minimum atomic E-state index is -0.351. The second-order valence-corrected chi connectivity index (χ2v) is 7.75. The number of hydrogen-bond donors (Lipinski definition) is 1. The number of hydrogen-bond acceptors (Lipinski definition) is 4. The first-order valence-electron chi connectivity index (χ1n) is 10.3. The van der Waals surface area contributed by atoms with Gasteiger partial charge in [-0.25, -0.2) is 9.07 Å². The molecule has 0 unspecified atom stereocenters. The average molecular weight is 443 g/mol. The smallest absolute Gasteiger partial charge is 0.270 e. The van der Waals surface area contributed by atoms with Crippen molar-refractivity contribution in [1.29, 1.82) is 0 Å². The van der Waals surface area contributed by atoms with Gasteiger partial charge in [0.25, 0.3) is 5.91 Å². The molecule has 8 heteroatoms. The van der Waals surface area contributed by atoms with Gasteiger partial charge in [0.1, 0.15) is 11.5 Å². The predicted octanol–water partition coefficient (Wildman–Crippen LogP) is 3.78. The van der Waals surface area contributed by atoms with Crippen LogP contribution in [0.2, 0.25) is 5.02 Å². The topological polar surface area (TPSA) is 59.4 Å². The Balaban J connectivity index is 1.52. The van der Waals surface area contributed by atoms with Crippen LogP contribution in [-0.2, 0) is 4.74 Å². The summed E-state index contributed by atoms with van der Waals surface area (Å²) in [5.74, 6) is -0.589. The molecule has 1 N–H and O–H groups in total. The zero-order valence-electron chi connectivity index (χ0n) is 17.1. The molecule has 31 heavy (non-hydrogen) atoms. The van der Waals surface area contributed by atoms with Crippen molar-refractivity contribution in [3.8, 4) is 16.9 Å².